The molecule has 0 spiro atoms. The van der Waals surface area contributed by atoms with Gasteiger partial charge in [0.2, 0.25) is 23.7 Å². The van der Waals surface area contributed by atoms with Gasteiger partial charge in [0, 0.05) is 51.4 Å². The first-order valence-corrected chi connectivity index (χ1v) is 21.2. The second kappa shape index (κ2) is 21.7. The van der Waals surface area contributed by atoms with Crippen LogP contribution in [0.2, 0.25) is 0 Å². The van der Waals surface area contributed by atoms with Crippen LogP contribution < -0.4 is 32.2 Å². The quantitative estimate of drug-likeness (QED) is 0.0336. The normalized spacial score (nSPS) is 11.3. The summed E-state index contributed by atoms with van der Waals surface area (Å²) in [6, 6.07) is 6.34. The highest BCUT2D eigenvalue weighted by atomic mass is 16.6. The molecular formula is C44H56N14O9. The fourth-order valence-corrected chi connectivity index (χ4v) is 6.78. The zero-order chi connectivity index (χ0) is 49.2. The van der Waals surface area contributed by atoms with Gasteiger partial charge in [0.15, 0.2) is 11.9 Å². The van der Waals surface area contributed by atoms with E-state index in [1.807, 2.05) is 30.6 Å². The van der Waals surface area contributed by atoms with Crippen molar-refractivity contribution in [3.05, 3.63) is 76.5 Å². The van der Waals surface area contributed by atoms with E-state index < -0.39 is 29.4 Å². The molecule has 0 aliphatic carbocycles. The molecule has 6 rings (SSSR count). The first-order valence-electron chi connectivity index (χ1n) is 21.2. The molecule has 0 radical (unpaired) electrons. The van der Waals surface area contributed by atoms with Gasteiger partial charge in [-0.3, -0.25) is 48.5 Å². The Morgan fingerprint density at radius 3 is 2.10 bits per heavy atom. The third-order valence-electron chi connectivity index (χ3n) is 9.80. The molecule has 7 N–H and O–H groups in total. The Labute approximate surface area is 385 Å². The Balaban J connectivity index is 0.000000392. The number of nitrogens with zero attached hydrogens (tertiary/aromatic N) is 9. The van der Waals surface area contributed by atoms with Crippen LogP contribution in [0.3, 0.4) is 0 Å². The number of allylic oxidation sites excluding steroid dienone is 2. The number of aldehydes is 1. The van der Waals surface area contributed by atoms with Crippen LogP contribution in [-0.4, -0.2) is 106 Å². The van der Waals surface area contributed by atoms with E-state index in [-0.39, 0.29) is 42.6 Å². The van der Waals surface area contributed by atoms with Gasteiger partial charge in [-0.25, -0.2) is 19.7 Å². The number of primary amides is 2. The molecule has 0 aliphatic rings. The Morgan fingerprint density at radius 1 is 0.836 bits per heavy atom. The van der Waals surface area contributed by atoms with Crippen LogP contribution in [0.5, 0.6) is 5.75 Å². The number of anilines is 3. The number of ether oxygens (including phenoxy) is 3. The summed E-state index contributed by atoms with van der Waals surface area (Å²) >= 11 is 0. The Hall–Kier alpha value is -8.11. The van der Waals surface area contributed by atoms with Crippen LogP contribution in [0, 0.1) is 13.8 Å². The van der Waals surface area contributed by atoms with E-state index in [0.717, 1.165) is 0 Å². The van der Waals surface area contributed by atoms with Crippen LogP contribution in [0.4, 0.5) is 22.4 Å². The highest BCUT2D eigenvalue weighted by Crippen LogP contribution is 2.31. The van der Waals surface area contributed by atoms with E-state index in [9.17, 15) is 28.8 Å². The van der Waals surface area contributed by atoms with Crippen LogP contribution >= 0.6 is 0 Å². The summed E-state index contributed by atoms with van der Waals surface area (Å²) in [5.74, 6) is -0.957. The second-order valence-electron chi connectivity index (χ2n) is 15.8. The topological polar surface area (TPSA) is 302 Å². The minimum absolute atomic E-state index is 0.171. The van der Waals surface area contributed by atoms with Gasteiger partial charge in [-0.2, -0.15) is 10.2 Å². The third kappa shape index (κ3) is 12.2. The molecule has 0 aliphatic heterocycles. The number of amides is 4. The Kier molecular flexibility index (Phi) is 16.2. The maximum absolute atomic E-state index is 13.3. The highest BCUT2D eigenvalue weighted by Gasteiger charge is 2.23. The van der Waals surface area contributed by atoms with E-state index in [0.29, 0.717) is 94.7 Å². The molecule has 0 bridgehead atoms. The number of pyridine rings is 1. The fourth-order valence-electron chi connectivity index (χ4n) is 6.78. The lowest BCUT2D eigenvalue weighted by Crippen LogP contribution is -2.27. The van der Waals surface area contributed by atoms with Crippen molar-refractivity contribution >= 4 is 75.9 Å². The lowest BCUT2D eigenvalue weighted by atomic mass is 10.1. The van der Waals surface area contributed by atoms with Crippen molar-refractivity contribution in [3.8, 4) is 5.75 Å². The Morgan fingerprint density at radius 2 is 1.49 bits per heavy atom. The number of carbonyl (C=O) groups is 6. The average molecular weight is 925 g/mol. The number of aryl methyl sites for hydroxylation is 4. The largest absolute Gasteiger partial charge is 0.491 e. The number of imidazole rings is 2. The lowest BCUT2D eigenvalue weighted by molar-refractivity contribution is -0.140. The van der Waals surface area contributed by atoms with E-state index in [2.05, 4.69) is 41.1 Å². The molecule has 4 amide bonds. The van der Waals surface area contributed by atoms with Gasteiger partial charge in [-0.1, -0.05) is 12.2 Å². The first kappa shape index (κ1) is 49.9. The predicted octanol–water partition coefficient (Wildman–Crippen LogP) is 4.76. The monoisotopic (exact) mass is 924 g/mol. The van der Waals surface area contributed by atoms with Crippen molar-refractivity contribution in [2.24, 2.45) is 11.5 Å². The average Bonchev–Trinajstić information content (AvgIpc) is 4.03. The van der Waals surface area contributed by atoms with E-state index in [4.69, 9.17) is 25.7 Å². The molecule has 0 unspecified atom stereocenters. The number of hydrogen-bond acceptors (Lipinski definition) is 15. The number of esters is 1. The van der Waals surface area contributed by atoms with Crippen molar-refractivity contribution in [1.82, 2.24) is 43.6 Å². The van der Waals surface area contributed by atoms with E-state index in [1.54, 1.807) is 69.1 Å². The lowest BCUT2D eigenvalue weighted by Gasteiger charge is -2.19. The molecule has 6 aromatic rings. The molecule has 67 heavy (non-hydrogen) atoms. The number of hydrogen-bond donors (Lipinski definition) is 5. The molecule has 0 saturated heterocycles. The van der Waals surface area contributed by atoms with Crippen LogP contribution in [0.25, 0.3) is 22.2 Å². The number of benzene rings is 1. The highest BCUT2D eigenvalue weighted by molar-refractivity contribution is 6.03. The van der Waals surface area contributed by atoms with Crippen molar-refractivity contribution in [3.63, 3.8) is 0 Å². The molecular weight excluding hydrogens is 869 g/mol. The van der Waals surface area contributed by atoms with Crippen LogP contribution in [0.1, 0.15) is 101 Å². The predicted molar refractivity (Wildman–Crippen MR) is 248 cm³/mol. The number of nitrogens with two attached hydrogens (primary N) is 2. The second-order valence-corrected chi connectivity index (χ2v) is 15.8. The summed E-state index contributed by atoms with van der Waals surface area (Å²) in [6.07, 6.45) is 5.76. The number of carbonyl (C=O) groups excluding carboxylic acids is 6. The molecule has 0 saturated carbocycles. The Bertz CT molecular complexity index is 2840. The summed E-state index contributed by atoms with van der Waals surface area (Å²) in [5, 5.41) is 17.0. The summed E-state index contributed by atoms with van der Waals surface area (Å²) < 4.78 is 22.6. The molecule has 23 heteroatoms. The zero-order valence-electron chi connectivity index (χ0n) is 38.9. The minimum Gasteiger partial charge on any atom is -0.491 e. The minimum atomic E-state index is -0.653. The SMILES string of the molecule is CCn1nc(C)c(NC(=O)OC(C)(C)C)c1C=O.CCn1nc(C)cc1C(=O)Nc1nc2cc(C(N)=O)cnc2n1C/C=C/Cn1c(NC)nc2cc(C(N)=O)cc(OCCCC(=O)OC)c21. The van der Waals surface area contributed by atoms with Gasteiger partial charge < -0.3 is 35.6 Å². The van der Waals surface area contributed by atoms with Crippen molar-refractivity contribution < 1.29 is 43.0 Å². The van der Waals surface area contributed by atoms with Crippen molar-refractivity contribution in [2.75, 3.05) is 36.7 Å². The summed E-state index contributed by atoms with van der Waals surface area (Å²) in [6.45, 7) is 14.4. The van der Waals surface area contributed by atoms with Crippen LogP contribution in [-0.2, 0) is 40.4 Å². The van der Waals surface area contributed by atoms with Gasteiger partial charge in [0.1, 0.15) is 33.8 Å². The molecule has 356 valence electrons. The number of nitrogens with one attached hydrogen (secondary N) is 3. The molecule has 0 fully saturated rings. The van der Waals surface area contributed by atoms with Crippen molar-refractivity contribution in [2.45, 2.75) is 93.1 Å². The number of methoxy groups -OCH3 is 1. The van der Waals surface area contributed by atoms with Crippen LogP contribution in [0.15, 0.2) is 42.6 Å². The molecule has 0 atom stereocenters. The van der Waals surface area contributed by atoms with Gasteiger partial charge >= 0.3 is 12.1 Å². The maximum atomic E-state index is 13.3. The van der Waals surface area contributed by atoms with Gasteiger partial charge in [0.05, 0.1) is 41.9 Å². The van der Waals surface area contributed by atoms with Gasteiger partial charge in [-0.05, 0) is 79.2 Å². The van der Waals surface area contributed by atoms with Crippen molar-refractivity contribution in [1.29, 1.82) is 0 Å². The molecule has 1 aromatic carbocycles. The van der Waals surface area contributed by atoms with Gasteiger partial charge in [0.25, 0.3) is 5.91 Å². The number of rotatable bonds is 18. The number of aromatic nitrogens is 9. The third-order valence-corrected chi connectivity index (χ3v) is 9.80. The molecule has 5 heterocycles. The van der Waals surface area contributed by atoms with Gasteiger partial charge in [-0.15, -0.1) is 0 Å². The number of fused-ring (bicyclic) bond motifs is 2. The molecule has 5 aromatic heterocycles. The summed E-state index contributed by atoms with van der Waals surface area (Å²) in [4.78, 5) is 85.1. The summed E-state index contributed by atoms with van der Waals surface area (Å²) in [5.41, 5.74) is 15.2. The standard InChI is InChI=1S/C32H37N11O6.C12H19N3O3/c1-5-43-23(13-18(2)40-43)30(47)39-32-38-22-15-20(28(34)46)17-36-29(22)42(32)11-7-6-10-41-26-21(37-31(41)35-3)14-19(27(33)45)16-24(26)49-12-8-9-25(44)48-4;1-6-15-9(7-16)10(8(2)14-15)13-11(17)18-12(3,4)5/h6-7,13-17H,5,8-12H2,1-4H3,(H2,33,45)(H2,34,46)(H,35,37)(H,38,39,47);7H,6H2,1-5H3,(H,13,17)/b7-6+;. The first-order chi connectivity index (χ1) is 31.8. The zero-order valence-corrected chi connectivity index (χ0v) is 38.9. The fraction of sp³-hybridized carbons (Fsp3) is 0.386. The van der Waals surface area contributed by atoms with E-state index >= 15 is 0 Å². The van der Waals surface area contributed by atoms with E-state index in [1.165, 1.54) is 24.1 Å². The molecule has 23 nitrogen and oxygen atoms in total. The summed E-state index contributed by atoms with van der Waals surface area (Å²) in [7, 11) is 3.04. The maximum Gasteiger partial charge on any atom is 0.412 e. The smallest absolute Gasteiger partial charge is 0.412 e.